The number of hydrogen-bond acceptors (Lipinski definition) is 4. The molecule has 1 amide bonds. The second-order valence-electron chi connectivity index (χ2n) is 7.65. The number of hydrogen-bond donors (Lipinski definition) is 1. The van der Waals surface area contributed by atoms with E-state index in [2.05, 4.69) is 46.6 Å². The monoisotopic (exact) mass is 406 g/mol. The van der Waals surface area contributed by atoms with Gasteiger partial charge in [0, 0.05) is 22.2 Å². The third kappa shape index (κ3) is 4.48. The van der Waals surface area contributed by atoms with Crippen LogP contribution < -0.4 is 5.32 Å². The number of aryl methyl sites for hydroxylation is 4. The highest BCUT2D eigenvalue weighted by Gasteiger charge is 2.16. The van der Waals surface area contributed by atoms with E-state index >= 15 is 0 Å². The van der Waals surface area contributed by atoms with E-state index in [0.29, 0.717) is 5.13 Å². The molecule has 6 heteroatoms. The van der Waals surface area contributed by atoms with E-state index in [1.54, 1.807) is 17.4 Å². The van der Waals surface area contributed by atoms with Crippen LogP contribution in [0.15, 0.2) is 30.3 Å². The quantitative estimate of drug-likeness (QED) is 0.617. The van der Waals surface area contributed by atoms with Crippen molar-refractivity contribution in [2.45, 2.75) is 53.0 Å². The lowest BCUT2D eigenvalue weighted by Gasteiger charge is -2.06. The average molecular weight is 407 g/mol. The zero-order valence-corrected chi connectivity index (χ0v) is 18.0. The van der Waals surface area contributed by atoms with Gasteiger partial charge in [-0.25, -0.2) is 4.98 Å². The first-order chi connectivity index (χ1) is 14.0. The Hall–Kier alpha value is -2.73. The maximum atomic E-state index is 12.4. The maximum absolute atomic E-state index is 12.4. The van der Waals surface area contributed by atoms with Crippen molar-refractivity contribution in [2.75, 3.05) is 5.32 Å². The summed E-state index contributed by atoms with van der Waals surface area (Å²) in [6.07, 6.45) is 7.94. The van der Waals surface area contributed by atoms with Gasteiger partial charge in [0.15, 0.2) is 5.13 Å². The normalized spacial score (nSPS) is 13.6. The Balaban J connectivity index is 1.45. The Morgan fingerprint density at radius 2 is 1.93 bits per heavy atom. The molecule has 1 aromatic carbocycles. The molecule has 1 aliphatic rings. The number of rotatable bonds is 5. The van der Waals surface area contributed by atoms with Crippen LogP contribution in [0.1, 0.15) is 51.5 Å². The average Bonchev–Trinajstić information content (AvgIpc) is 3.22. The molecule has 2 heterocycles. The molecule has 0 spiro atoms. The predicted molar refractivity (Wildman–Crippen MR) is 118 cm³/mol. The lowest BCUT2D eigenvalue weighted by Crippen LogP contribution is -2.07. The van der Waals surface area contributed by atoms with Gasteiger partial charge in [0.05, 0.1) is 17.9 Å². The molecule has 1 aliphatic carbocycles. The van der Waals surface area contributed by atoms with Crippen LogP contribution in [0.2, 0.25) is 0 Å². The van der Waals surface area contributed by atoms with Crippen molar-refractivity contribution in [3.63, 3.8) is 0 Å². The van der Waals surface area contributed by atoms with E-state index in [9.17, 15) is 4.79 Å². The first kappa shape index (κ1) is 19.6. The van der Waals surface area contributed by atoms with Crippen LogP contribution in [0.25, 0.3) is 6.08 Å². The Labute approximate surface area is 175 Å². The van der Waals surface area contributed by atoms with Gasteiger partial charge in [-0.1, -0.05) is 29.8 Å². The van der Waals surface area contributed by atoms with Gasteiger partial charge in [-0.05, 0) is 58.1 Å². The van der Waals surface area contributed by atoms with Crippen molar-refractivity contribution in [3.8, 4) is 0 Å². The third-order valence-electron chi connectivity index (χ3n) is 5.37. The summed E-state index contributed by atoms with van der Waals surface area (Å²) >= 11 is 1.60. The number of anilines is 1. The van der Waals surface area contributed by atoms with Crippen LogP contribution in [0, 0.1) is 20.8 Å². The van der Waals surface area contributed by atoms with Crippen LogP contribution in [0.5, 0.6) is 0 Å². The number of carbonyl (C=O) groups excluding carboxylic acids is 1. The molecule has 0 atom stereocenters. The summed E-state index contributed by atoms with van der Waals surface area (Å²) in [4.78, 5) is 18.3. The van der Waals surface area contributed by atoms with E-state index in [1.165, 1.54) is 28.8 Å². The summed E-state index contributed by atoms with van der Waals surface area (Å²) in [5, 5.41) is 8.28. The van der Waals surface area contributed by atoms with Crippen molar-refractivity contribution in [1.82, 2.24) is 14.8 Å². The molecule has 0 radical (unpaired) electrons. The number of aromatic nitrogens is 3. The molecule has 4 rings (SSSR count). The number of fused-ring (bicyclic) bond motifs is 1. The number of carbonyl (C=O) groups is 1. The van der Waals surface area contributed by atoms with Gasteiger partial charge >= 0.3 is 0 Å². The van der Waals surface area contributed by atoms with Crippen molar-refractivity contribution >= 4 is 28.5 Å². The van der Waals surface area contributed by atoms with Crippen molar-refractivity contribution in [2.24, 2.45) is 0 Å². The highest BCUT2D eigenvalue weighted by atomic mass is 32.1. The van der Waals surface area contributed by atoms with E-state index in [4.69, 9.17) is 0 Å². The summed E-state index contributed by atoms with van der Waals surface area (Å²) in [6, 6.07) is 8.48. The number of amides is 1. The molecule has 5 nitrogen and oxygen atoms in total. The molecule has 2 aromatic heterocycles. The molecule has 0 saturated heterocycles. The first-order valence-electron chi connectivity index (χ1n) is 10.1. The van der Waals surface area contributed by atoms with Crippen LogP contribution in [0.3, 0.4) is 0 Å². The van der Waals surface area contributed by atoms with E-state index < -0.39 is 0 Å². The van der Waals surface area contributed by atoms with Gasteiger partial charge in [0.25, 0.3) is 0 Å². The van der Waals surface area contributed by atoms with Gasteiger partial charge in [0.2, 0.25) is 5.91 Å². The molecule has 3 aromatic rings. The van der Waals surface area contributed by atoms with E-state index in [-0.39, 0.29) is 5.91 Å². The number of nitrogens with one attached hydrogen (secondary N) is 1. The number of nitrogens with zero attached hydrogens (tertiary/aromatic N) is 3. The topological polar surface area (TPSA) is 59.8 Å². The summed E-state index contributed by atoms with van der Waals surface area (Å²) in [5.74, 6) is -0.152. The van der Waals surface area contributed by atoms with Gasteiger partial charge in [-0.3, -0.25) is 14.8 Å². The first-order valence-corrected chi connectivity index (χ1v) is 10.9. The lowest BCUT2D eigenvalue weighted by atomic mass is 10.0. The van der Waals surface area contributed by atoms with E-state index in [1.807, 2.05) is 24.6 Å². The second kappa shape index (κ2) is 8.33. The zero-order valence-electron chi connectivity index (χ0n) is 17.2. The highest BCUT2D eigenvalue weighted by molar-refractivity contribution is 7.15. The summed E-state index contributed by atoms with van der Waals surface area (Å²) < 4.78 is 1.99. The second-order valence-corrected chi connectivity index (χ2v) is 8.73. The predicted octanol–water partition coefficient (Wildman–Crippen LogP) is 4.84. The van der Waals surface area contributed by atoms with Crippen LogP contribution >= 0.6 is 11.3 Å². The molecule has 1 N–H and O–H groups in total. The minimum Gasteiger partial charge on any atom is -0.298 e. The SMILES string of the molecule is Cc1ccc(Cn2nc(C)c(/C=C/C(=O)Nc3nc4c(s3)CCCC4)c2C)cc1. The van der Waals surface area contributed by atoms with Crippen molar-refractivity contribution in [3.05, 3.63) is 69.0 Å². The molecular weight excluding hydrogens is 380 g/mol. The Morgan fingerprint density at radius 1 is 1.17 bits per heavy atom. The molecule has 0 saturated carbocycles. The Morgan fingerprint density at radius 3 is 2.69 bits per heavy atom. The number of thiazole rings is 1. The maximum Gasteiger partial charge on any atom is 0.250 e. The summed E-state index contributed by atoms with van der Waals surface area (Å²) in [7, 11) is 0. The molecule has 0 fully saturated rings. The molecular formula is C23H26N4OS. The zero-order chi connectivity index (χ0) is 20.4. The van der Waals surface area contributed by atoms with Gasteiger partial charge < -0.3 is 0 Å². The molecule has 0 aliphatic heterocycles. The fraction of sp³-hybridized carbons (Fsp3) is 0.348. The Kier molecular flexibility index (Phi) is 5.62. The minimum absolute atomic E-state index is 0.152. The summed E-state index contributed by atoms with van der Waals surface area (Å²) in [5.41, 5.74) is 6.58. The third-order valence-corrected chi connectivity index (χ3v) is 6.44. The fourth-order valence-corrected chi connectivity index (χ4v) is 4.74. The molecule has 29 heavy (non-hydrogen) atoms. The van der Waals surface area contributed by atoms with Gasteiger partial charge in [0.1, 0.15) is 0 Å². The van der Waals surface area contributed by atoms with Crippen LogP contribution in [-0.4, -0.2) is 20.7 Å². The van der Waals surface area contributed by atoms with Gasteiger partial charge in [-0.2, -0.15) is 5.10 Å². The molecule has 0 bridgehead atoms. The molecule has 150 valence electrons. The van der Waals surface area contributed by atoms with Gasteiger partial charge in [-0.15, -0.1) is 11.3 Å². The number of benzene rings is 1. The largest absolute Gasteiger partial charge is 0.298 e. The highest BCUT2D eigenvalue weighted by Crippen LogP contribution is 2.29. The standard InChI is InChI=1S/C23H26N4OS/c1-15-8-10-18(11-9-15)14-27-17(3)19(16(2)26-27)12-13-22(28)25-23-24-20-6-4-5-7-21(20)29-23/h8-13H,4-7,14H2,1-3H3,(H,24,25,28)/b13-12+. The lowest BCUT2D eigenvalue weighted by molar-refractivity contribution is -0.111. The fourth-order valence-electron chi connectivity index (χ4n) is 3.68. The summed E-state index contributed by atoms with van der Waals surface area (Å²) in [6.45, 7) is 6.82. The smallest absolute Gasteiger partial charge is 0.250 e. The van der Waals surface area contributed by atoms with Crippen LogP contribution in [0.4, 0.5) is 5.13 Å². The Bertz CT molecular complexity index is 1040. The van der Waals surface area contributed by atoms with Crippen molar-refractivity contribution in [1.29, 1.82) is 0 Å². The molecule has 0 unspecified atom stereocenters. The minimum atomic E-state index is -0.152. The van der Waals surface area contributed by atoms with Crippen LogP contribution in [-0.2, 0) is 24.2 Å². The van der Waals surface area contributed by atoms with Crippen molar-refractivity contribution < 1.29 is 4.79 Å². The van der Waals surface area contributed by atoms with E-state index in [0.717, 1.165) is 42.0 Å².